The maximum Gasteiger partial charge on any atom is 0.453 e. The Hall–Kier alpha value is -3.84. The van der Waals surface area contributed by atoms with Crippen LogP contribution in [0.1, 0.15) is 18.7 Å². The standard InChI is InChI=1S/C18H17F3N10O/c19-18(20,21)17-25-24-13-1-2-14(27-31(13)17)28-7-5-12(6-8-28)9-29-16(32)4-3-15(26-29)30-11-22-10-23-30/h1-4,10-12H,5-9H2. The van der Waals surface area contributed by atoms with Gasteiger partial charge >= 0.3 is 6.18 Å². The molecule has 5 heterocycles. The fraction of sp³-hybridized carbons (Fsp3) is 0.389. The largest absolute Gasteiger partial charge is 0.453 e. The van der Waals surface area contributed by atoms with Gasteiger partial charge in [0.1, 0.15) is 18.5 Å². The summed E-state index contributed by atoms with van der Waals surface area (Å²) in [5.74, 6) is -0.0510. The fourth-order valence-electron chi connectivity index (χ4n) is 3.73. The van der Waals surface area contributed by atoms with E-state index in [1.165, 1.54) is 34.2 Å². The summed E-state index contributed by atoms with van der Waals surface area (Å²) >= 11 is 0. The Morgan fingerprint density at radius 2 is 1.78 bits per heavy atom. The van der Waals surface area contributed by atoms with Crippen LogP contribution in [0.4, 0.5) is 19.0 Å². The molecular formula is C18H17F3N10O. The number of nitrogens with zero attached hydrogens (tertiary/aromatic N) is 10. The SMILES string of the molecule is O=c1ccc(-n2cncn2)nn1CC1CCN(c2ccc3nnc(C(F)(F)F)n3n2)CC1. The van der Waals surface area contributed by atoms with Crippen LogP contribution in [-0.4, -0.2) is 57.4 Å². The van der Waals surface area contributed by atoms with Gasteiger partial charge in [0.15, 0.2) is 11.5 Å². The molecule has 11 nitrogen and oxygen atoms in total. The molecule has 0 radical (unpaired) electrons. The van der Waals surface area contributed by atoms with E-state index >= 15 is 0 Å². The summed E-state index contributed by atoms with van der Waals surface area (Å²) in [4.78, 5) is 18.0. The van der Waals surface area contributed by atoms with E-state index in [0.717, 1.165) is 17.4 Å². The Morgan fingerprint density at radius 1 is 1.00 bits per heavy atom. The normalized spacial score (nSPS) is 15.5. The molecule has 0 aliphatic carbocycles. The molecule has 166 valence electrons. The lowest BCUT2D eigenvalue weighted by Crippen LogP contribution is -2.37. The number of anilines is 1. The van der Waals surface area contributed by atoms with Crippen LogP contribution >= 0.6 is 0 Å². The van der Waals surface area contributed by atoms with Gasteiger partial charge in [-0.15, -0.1) is 20.4 Å². The van der Waals surface area contributed by atoms with Crippen LogP contribution in [0.5, 0.6) is 0 Å². The second kappa shape index (κ2) is 7.69. The first-order valence-corrected chi connectivity index (χ1v) is 9.86. The van der Waals surface area contributed by atoms with Crippen LogP contribution in [0.25, 0.3) is 11.5 Å². The zero-order valence-electron chi connectivity index (χ0n) is 16.6. The van der Waals surface area contributed by atoms with E-state index in [9.17, 15) is 18.0 Å². The quantitative estimate of drug-likeness (QED) is 0.460. The van der Waals surface area contributed by atoms with Crippen molar-refractivity contribution in [2.75, 3.05) is 18.0 Å². The number of hydrogen-bond donors (Lipinski definition) is 0. The third-order valence-corrected chi connectivity index (χ3v) is 5.38. The zero-order valence-corrected chi connectivity index (χ0v) is 16.6. The zero-order chi connectivity index (χ0) is 22.3. The first kappa shape index (κ1) is 20.1. The van der Waals surface area contributed by atoms with E-state index in [2.05, 4.69) is 30.5 Å². The van der Waals surface area contributed by atoms with Gasteiger partial charge in [0.25, 0.3) is 11.4 Å². The maximum atomic E-state index is 13.1. The summed E-state index contributed by atoms with van der Waals surface area (Å²) < 4.78 is 43.0. The van der Waals surface area contributed by atoms with Gasteiger partial charge in [-0.25, -0.2) is 14.3 Å². The van der Waals surface area contributed by atoms with E-state index < -0.39 is 12.0 Å². The van der Waals surface area contributed by atoms with Gasteiger partial charge in [-0.1, -0.05) is 0 Å². The molecule has 0 N–H and O–H groups in total. The Bertz CT molecular complexity index is 1290. The van der Waals surface area contributed by atoms with E-state index in [4.69, 9.17) is 0 Å². The molecule has 0 atom stereocenters. The summed E-state index contributed by atoms with van der Waals surface area (Å²) in [5, 5.41) is 19.2. The third kappa shape index (κ3) is 3.78. The monoisotopic (exact) mass is 446 g/mol. The number of aromatic nitrogens is 9. The molecule has 0 aromatic carbocycles. The minimum absolute atomic E-state index is 0.0358. The molecule has 4 aromatic rings. The molecule has 32 heavy (non-hydrogen) atoms. The summed E-state index contributed by atoms with van der Waals surface area (Å²) in [6.07, 6.45) is -0.292. The van der Waals surface area contributed by atoms with Crippen LogP contribution in [0.15, 0.2) is 41.7 Å². The number of rotatable bonds is 4. The lowest BCUT2D eigenvalue weighted by atomic mass is 9.97. The van der Waals surface area contributed by atoms with Gasteiger partial charge in [0.05, 0.1) is 0 Å². The van der Waals surface area contributed by atoms with Crippen molar-refractivity contribution in [1.82, 2.24) is 44.4 Å². The molecule has 0 spiro atoms. The van der Waals surface area contributed by atoms with Gasteiger partial charge < -0.3 is 4.90 Å². The van der Waals surface area contributed by atoms with Gasteiger partial charge in [-0.3, -0.25) is 4.79 Å². The molecule has 1 aliphatic rings. The van der Waals surface area contributed by atoms with Crippen LogP contribution in [0.2, 0.25) is 0 Å². The highest BCUT2D eigenvalue weighted by atomic mass is 19.4. The van der Waals surface area contributed by atoms with Crippen molar-refractivity contribution >= 4 is 11.5 Å². The van der Waals surface area contributed by atoms with Crippen molar-refractivity contribution in [1.29, 1.82) is 0 Å². The Morgan fingerprint density at radius 3 is 2.50 bits per heavy atom. The van der Waals surface area contributed by atoms with E-state index in [0.29, 0.717) is 31.3 Å². The molecule has 1 aliphatic heterocycles. The third-order valence-electron chi connectivity index (χ3n) is 5.38. The summed E-state index contributed by atoms with van der Waals surface area (Å²) in [5.41, 5.74) is -0.177. The topological polar surface area (TPSA) is 112 Å². The Labute approximate surface area is 178 Å². The molecule has 0 unspecified atom stereocenters. The van der Waals surface area contributed by atoms with Crippen LogP contribution in [0.3, 0.4) is 0 Å². The Kier molecular flexibility index (Phi) is 4.83. The lowest BCUT2D eigenvalue weighted by Gasteiger charge is -2.32. The molecule has 0 saturated carbocycles. The van der Waals surface area contributed by atoms with E-state index in [-0.39, 0.29) is 17.1 Å². The predicted octanol–water partition coefficient (Wildman–Crippen LogP) is 1.20. The van der Waals surface area contributed by atoms with Crippen LogP contribution in [-0.2, 0) is 12.7 Å². The van der Waals surface area contributed by atoms with Crippen LogP contribution in [0, 0.1) is 5.92 Å². The predicted molar refractivity (Wildman–Crippen MR) is 104 cm³/mol. The highest BCUT2D eigenvalue weighted by molar-refractivity contribution is 5.46. The molecule has 4 aromatic heterocycles. The van der Waals surface area contributed by atoms with Crippen LogP contribution < -0.4 is 10.5 Å². The molecule has 1 fully saturated rings. The number of alkyl halides is 3. The first-order chi connectivity index (χ1) is 15.4. The van der Waals surface area contributed by atoms with Crippen molar-refractivity contribution < 1.29 is 13.2 Å². The second-order valence-electron chi connectivity index (χ2n) is 7.47. The second-order valence-corrected chi connectivity index (χ2v) is 7.47. The maximum absolute atomic E-state index is 13.1. The van der Waals surface area contributed by atoms with Gasteiger partial charge in [-0.05, 0) is 37.0 Å². The molecule has 0 bridgehead atoms. The minimum atomic E-state index is -4.64. The van der Waals surface area contributed by atoms with E-state index in [1.54, 1.807) is 12.1 Å². The summed E-state index contributed by atoms with van der Waals surface area (Å²) in [7, 11) is 0. The van der Waals surface area contributed by atoms with Crippen molar-refractivity contribution in [2.24, 2.45) is 5.92 Å². The molecule has 0 amide bonds. The molecular weight excluding hydrogens is 429 g/mol. The minimum Gasteiger partial charge on any atom is -0.355 e. The van der Waals surface area contributed by atoms with Gasteiger partial charge in [0, 0.05) is 25.7 Å². The highest BCUT2D eigenvalue weighted by Gasteiger charge is 2.38. The number of piperidine rings is 1. The van der Waals surface area contributed by atoms with Crippen molar-refractivity contribution in [3.05, 3.63) is 53.1 Å². The molecule has 1 saturated heterocycles. The fourth-order valence-corrected chi connectivity index (χ4v) is 3.73. The molecule has 14 heteroatoms. The van der Waals surface area contributed by atoms with Crippen molar-refractivity contribution in [3.63, 3.8) is 0 Å². The average Bonchev–Trinajstić information content (AvgIpc) is 3.45. The highest BCUT2D eigenvalue weighted by Crippen LogP contribution is 2.28. The van der Waals surface area contributed by atoms with E-state index in [1.807, 2.05) is 4.90 Å². The van der Waals surface area contributed by atoms with Gasteiger partial charge in [-0.2, -0.15) is 22.8 Å². The average molecular weight is 446 g/mol. The number of halogens is 3. The number of fused-ring (bicyclic) bond motifs is 1. The lowest BCUT2D eigenvalue weighted by molar-refractivity contribution is -0.146. The van der Waals surface area contributed by atoms with Crippen molar-refractivity contribution in [2.45, 2.75) is 25.6 Å². The van der Waals surface area contributed by atoms with Gasteiger partial charge in [0.2, 0.25) is 0 Å². The number of hydrogen-bond acceptors (Lipinski definition) is 8. The molecule has 5 rings (SSSR count). The van der Waals surface area contributed by atoms with Crippen molar-refractivity contribution in [3.8, 4) is 5.82 Å². The summed E-state index contributed by atoms with van der Waals surface area (Å²) in [6, 6.07) is 6.13. The Balaban J connectivity index is 1.29. The first-order valence-electron chi connectivity index (χ1n) is 9.86. The smallest absolute Gasteiger partial charge is 0.355 e. The summed E-state index contributed by atoms with van der Waals surface area (Å²) in [6.45, 7) is 1.61.